The molecular formula is C19H22N4O2. The number of benzene rings is 1. The molecule has 2 N–H and O–H groups in total. The Balaban J connectivity index is 1.78. The van der Waals surface area contributed by atoms with Crippen LogP contribution in [0.1, 0.15) is 30.5 Å². The highest BCUT2D eigenvalue weighted by Gasteiger charge is 2.25. The van der Waals surface area contributed by atoms with Crippen molar-refractivity contribution in [2.45, 2.75) is 32.2 Å². The largest absolute Gasteiger partial charge is 0.379 e. The summed E-state index contributed by atoms with van der Waals surface area (Å²) >= 11 is 0. The van der Waals surface area contributed by atoms with Crippen molar-refractivity contribution in [3.8, 4) is 11.1 Å². The third-order valence-electron chi connectivity index (χ3n) is 4.81. The summed E-state index contributed by atoms with van der Waals surface area (Å²) in [5, 5.41) is 13.2. The molecule has 0 radical (unpaired) electrons. The molecule has 1 aliphatic rings. The first-order valence-electron chi connectivity index (χ1n) is 8.57. The second-order valence-electron chi connectivity index (χ2n) is 6.47. The summed E-state index contributed by atoms with van der Waals surface area (Å²) in [5.74, 6) is 0. The van der Waals surface area contributed by atoms with Gasteiger partial charge in [-0.05, 0) is 35.2 Å². The molecule has 4 rings (SSSR count). The molecule has 3 aromatic rings. The van der Waals surface area contributed by atoms with E-state index in [1.807, 2.05) is 43.3 Å². The van der Waals surface area contributed by atoms with Crippen molar-refractivity contribution in [3.63, 3.8) is 0 Å². The van der Waals surface area contributed by atoms with Crippen LogP contribution in [0.5, 0.6) is 0 Å². The minimum atomic E-state index is -0.547. The van der Waals surface area contributed by atoms with Crippen LogP contribution in [-0.2, 0) is 18.4 Å². The Morgan fingerprint density at radius 1 is 1.40 bits per heavy atom. The van der Waals surface area contributed by atoms with Crippen LogP contribution in [-0.4, -0.2) is 32.5 Å². The maximum Gasteiger partial charge on any atom is 0.105 e. The Kier molecular flexibility index (Phi) is 4.25. The lowest BCUT2D eigenvalue weighted by Gasteiger charge is -2.29. The van der Waals surface area contributed by atoms with Crippen LogP contribution in [0, 0.1) is 0 Å². The van der Waals surface area contributed by atoms with Gasteiger partial charge >= 0.3 is 0 Å². The van der Waals surface area contributed by atoms with Crippen LogP contribution < -0.4 is 5.32 Å². The van der Waals surface area contributed by atoms with Gasteiger partial charge in [0.1, 0.15) is 6.23 Å². The van der Waals surface area contributed by atoms with E-state index in [9.17, 15) is 5.11 Å². The standard InChI is InChI=1S/C19H22N4O2/c1-3-19(24)22-17-10-25-9-15-13(7-20-8-14(15)17)12-4-5-16-18(6-12)23(2)11-21-16/h4-8,11,17,19,22,24H,3,9-10H2,1-2H3. The van der Waals surface area contributed by atoms with Gasteiger partial charge in [0.15, 0.2) is 0 Å². The molecule has 0 bridgehead atoms. The quantitative estimate of drug-likeness (QED) is 0.715. The van der Waals surface area contributed by atoms with Gasteiger partial charge < -0.3 is 14.4 Å². The number of aliphatic hydroxyl groups excluding tert-OH is 1. The number of nitrogens with one attached hydrogen (secondary N) is 1. The van der Waals surface area contributed by atoms with Crippen LogP contribution in [0.25, 0.3) is 22.2 Å². The number of rotatable bonds is 4. The third-order valence-corrected chi connectivity index (χ3v) is 4.81. The van der Waals surface area contributed by atoms with Crippen LogP contribution in [0.4, 0.5) is 0 Å². The maximum absolute atomic E-state index is 9.95. The Morgan fingerprint density at radius 2 is 2.28 bits per heavy atom. The summed E-state index contributed by atoms with van der Waals surface area (Å²) in [6.07, 6.45) is 5.69. The summed E-state index contributed by atoms with van der Waals surface area (Å²) in [7, 11) is 1.99. The predicted molar refractivity (Wildman–Crippen MR) is 95.8 cm³/mol. The highest BCUT2D eigenvalue weighted by Crippen LogP contribution is 2.33. The molecule has 6 nitrogen and oxygen atoms in total. The van der Waals surface area contributed by atoms with Gasteiger partial charge in [0.25, 0.3) is 0 Å². The van der Waals surface area contributed by atoms with Gasteiger partial charge in [0.05, 0.1) is 36.6 Å². The van der Waals surface area contributed by atoms with Crippen LogP contribution in [0.15, 0.2) is 36.9 Å². The monoisotopic (exact) mass is 338 g/mol. The lowest BCUT2D eigenvalue weighted by molar-refractivity contribution is 0.0479. The van der Waals surface area contributed by atoms with Gasteiger partial charge in [-0.25, -0.2) is 4.98 Å². The topological polar surface area (TPSA) is 72.2 Å². The Labute approximate surface area is 146 Å². The second-order valence-corrected chi connectivity index (χ2v) is 6.47. The molecule has 130 valence electrons. The van der Waals surface area contributed by atoms with E-state index in [1.54, 1.807) is 0 Å². The summed E-state index contributed by atoms with van der Waals surface area (Å²) in [5.41, 5.74) is 6.46. The van der Waals surface area contributed by atoms with Crippen molar-refractivity contribution in [1.29, 1.82) is 0 Å². The third kappa shape index (κ3) is 2.93. The van der Waals surface area contributed by atoms with Gasteiger partial charge in [-0.1, -0.05) is 13.0 Å². The molecule has 25 heavy (non-hydrogen) atoms. The number of fused-ring (bicyclic) bond motifs is 2. The van der Waals surface area contributed by atoms with E-state index in [1.165, 1.54) is 0 Å². The Morgan fingerprint density at radius 3 is 3.12 bits per heavy atom. The second kappa shape index (κ2) is 6.55. The van der Waals surface area contributed by atoms with E-state index in [-0.39, 0.29) is 6.04 Å². The average molecular weight is 338 g/mol. The van der Waals surface area contributed by atoms with Crippen LogP contribution in [0.3, 0.4) is 0 Å². The fourth-order valence-corrected chi connectivity index (χ4v) is 3.36. The number of aliphatic hydroxyl groups is 1. The zero-order chi connectivity index (χ0) is 17.4. The van der Waals surface area contributed by atoms with E-state index in [0.29, 0.717) is 19.6 Å². The van der Waals surface area contributed by atoms with Crippen LogP contribution in [0.2, 0.25) is 0 Å². The number of imidazole rings is 1. The smallest absolute Gasteiger partial charge is 0.105 e. The molecule has 0 spiro atoms. The van der Waals surface area contributed by atoms with Crippen molar-refractivity contribution < 1.29 is 9.84 Å². The summed E-state index contributed by atoms with van der Waals surface area (Å²) < 4.78 is 7.81. The fourth-order valence-electron chi connectivity index (χ4n) is 3.36. The van der Waals surface area contributed by atoms with E-state index in [2.05, 4.69) is 27.4 Å². The molecule has 2 aromatic heterocycles. The van der Waals surface area contributed by atoms with Crippen molar-refractivity contribution in [2.75, 3.05) is 6.61 Å². The Bertz CT molecular complexity index is 906. The van der Waals surface area contributed by atoms with E-state index in [4.69, 9.17) is 4.74 Å². The van der Waals surface area contributed by atoms with Gasteiger partial charge in [-0.3, -0.25) is 10.3 Å². The summed E-state index contributed by atoms with van der Waals surface area (Å²) in [6.45, 7) is 3.03. The first kappa shape index (κ1) is 16.2. The summed E-state index contributed by atoms with van der Waals surface area (Å²) in [4.78, 5) is 8.83. The molecular weight excluding hydrogens is 316 g/mol. The number of ether oxygens (including phenoxy) is 1. The van der Waals surface area contributed by atoms with Gasteiger partial charge in [0.2, 0.25) is 0 Å². The molecule has 0 saturated heterocycles. The lowest BCUT2D eigenvalue weighted by Crippen LogP contribution is -2.37. The highest BCUT2D eigenvalue weighted by atomic mass is 16.5. The zero-order valence-corrected chi connectivity index (χ0v) is 14.4. The number of hydrogen-bond acceptors (Lipinski definition) is 5. The van der Waals surface area contributed by atoms with Gasteiger partial charge in [0, 0.05) is 25.0 Å². The van der Waals surface area contributed by atoms with Gasteiger partial charge in [-0.2, -0.15) is 0 Å². The SMILES string of the molecule is CCC(O)NC1COCc2c(-c3ccc4ncn(C)c4c3)cncc21. The molecule has 2 atom stereocenters. The zero-order valence-electron chi connectivity index (χ0n) is 14.4. The van der Waals surface area contributed by atoms with E-state index < -0.39 is 6.23 Å². The average Bonchev–Trinajstić information content (AvgIpc) is 3.02. The van der Waals surface area contributed by atoms with E-state index >= 15 is 0 Å². The van der Waals surface area contributed by atoms with E-state index in [0.717, 1.165) is 33.3 Å². The number of aryl methyl sites for hydroxylation is 1. The molecule has 0 aliphatic carbocycles. The van der Waals surface area contributed by atoms with Crippen LogP contribution >= 0.6 is 0 Å². The molecule has 0 fully saturated rings. The number of hydrogen-bond donors (Lipinski definition) is 2. The van der Waals surface area contributed by atoms with Crippen molar-refractivity contribution in [1.82, 2.24) is 19.9 Å². The van der Waals surface area contributed by atoms with Crippen molar-refractivity contribution in [2.24, 2.45) is 7.05 Å². The predicted octanol–water partition coefficient (Wildman–Crippen LogP) is 2.52. The van der Waals surface area contributed by atoms with Crippen molar-refractivity contribution >= 4 is 11.0 Å². The molecule has 6 heteroatoms. The minimum absolute atomic E-state index is 0.0495. The normalized spacial score (nSPS) is 18.3. The molecule has 0 amide bonds. The Hall–Kier alpha value is -2.28. The minimum Gasteiger partial charge on any atom is -0.379 e. The summed E-state index contributed by atoms with van der Waals surface area (Å²) in [6, 6.07) is 6.19. The molecule has 2 unspecified atom stereocenters. The van der Waals surface area contributed by atoms with Gasteiger partial charge in [-0.15, -0.1) is 0 Å². The first-order valence-corrected chi connectivity index (χ1v) is 8.57. The van der Waals surface area contributed by atoms with Crippen molar-refractivity contribution in [3.05, 3.63) is 48.0 Å². The number of nitrogens with zero attached hydrogens (tertiary/aromatic N) is 3. The molecule has 3 heterocycles. The molecule has 0 saturated carbocycles. The molecule has 1 aliphatic heterocycles. The highest BCUT2D eigenvalue weighted by molar-refractivity contribution is 5.83. The number of pyridine rings is 1. The lowest BCUT2D eigenvalue weighted by atomic mass is 9.93. The fraction of sp³-hybridized carbons (Fsp3) is 0.368. The molecule has 1 aromatic carbocycles. The number of aromatic nitrogens is 3. The first-order chi connectivity index (χ1) is 12.2. The maximum atomic E-state index is 9.95.